The van der Waals surface area contributed by atoms with Crippen LogP contribution in [0.3, 0.4) is 0 Å². The minimum atomic E-state index is -3.96. The second-order valence-corrected chi connectivity index (χ2v) is 8.11. The quantitative estimate of drug-likeness (QED) is 0.723. The van der Waals surface area contributed by atoms with Crippen LogP contribution in [0.15, 0.2) is 64.5 Å². The lowest BCUT2D eigenvalue weighted by Gasteiger charge is -2.30. The van der Waals surface area contributed by atoms with Crippen LogP contribution in [-0.2, 0) is 9.84 Å². The Balaban J connectivity index is 0.00000210. The van der Waals surface area contributed by atoms with Crippen molar-refractivity contribution in [3.05, 3.63) is 60.5 Å². The van der Waals surface area contributed by atoms with Crippen molar-refractivity contribution in [3.63, 3.8) is 0 Å². The molecular formula is C19H19ClFN3O2S. The zero-order chi connectivity index (χ0) is 18.1. The summed E-state index contributed by atoms with van der Waals surface area (Å²) in [4.78, 5) is 6.31. The smallest absolute Gasteiger partial charge is 0.211 e. The number of anilines is 1. The maximum Gasteiger partial charge on any atom is 0.211 e. The van der Waals surface area contributed by atoms with Gasteiger partial charge in [-0.2, -0.15) is 0 Å². The van der Waals surface area contributed by atoms with Crippen molar-refractivity contribution in [2.45, 2.75) is 9.79 Å². The summed E-state index contributed by atoms with van der Waals surface area (Å²) in [5.41, 5.74) is 1.74. The van der Waals surface area contributed by atoms with E-state index in [1.807, 2.05) is 18.2 Å². The Labute approximate surface area is 163 Å². The Hall–Kier alpha value is -2.22. The lowest BCUT2D eigenvalue weighted by Crippen LogP contribution is -2.43. The molecule has 0 aliphatic carbocycles. The van der Waals surface area contributed by atoms with E-state index in [4.69, 9.17) is 0 Å². The zero-order valence-corrected chi connectivity index (χ0v) is 16.1. The van der Waals surface area contributed by atoms with E-state index in [1.54, 1.807) is 6.07 Å². The summed E-state index contributed by atoms with van der Waals surface area (Å²) < 4.78 is 39.6. The number of pyridine rings is 1. The molecule has 3 aromatic rings. The van der Waals surface area contributed by atoms with Crippen LogP contribution in [0, 0.1) is 5.82 Å². The van der Waals surface area contributed by atoms with E-state index in [0.717, 1.165) is 48.8 Å². The predicted octanol–water partition coefficient (Wildman–Crippen LogP) is 3.04. The predicted molar refractivity (Wildman–Crippen MR) is 106 cm³/mol. The van der Waals surface area contributed by atoms with Gasteiger partial charge in [-0.15, -0.1) is 12.4 Å². The standard InChI is InChI=1S/C19H18FN3O2S.ClH/c20-16-5-1-2-7-18(16)26(24,25)15-12-14-4-3-6-17(19(14)22-13-15)23-10-8-21-9-11-23;/h1-7,12-13,21H,8-11H2;1H. The molecule has 4 rings (SSSR count). The molecule has 1 saturated heterocycles. The van der Waals surface area contributed by atoms with Crippen molar-refractivity contribution < 1.29 is 12.8 Å². The fourth-order valence-corrected chi connectivity index (χ4v) is 4.53. The summed E-state index contributed by atoms with van der Waals surface area (Å²) in [6.45, 7) is 3.54. The van der Waals surface area contributed by atoms with Gasteiger partial charge in [-0.05, 0) is 24.3 Å². The molecule has 2 aromatic carbocycles. The molecule has 27 heavy (non-hydrogen) atoms. The third-order valence-electron chi connectivity index (χ3n) is 4.56. The Morgan fingerprint density at radius 3 is 2.52 bits per heavy atom. The first-order valence-electron chi connectivity index (χ1n) is 8.41. The summed E-state index contributed by atoms with van der Waals surface area (Å²) in [5, 5.41) is 4.03. The maximum absolute atomic E-state index is 14.0. The molecule has 0 radical (unpaired) electrons. The second-order valence-electron chi connectivity index (χ2n) is 6.19. The topological polar surface area (TPSA) is 62.3 Å². The fraction of sp³-hybridized carbons (Fsp3) is 0.211. The number of hydrogen-bond acceptors (Lipinski definition) is 5. The van der Waals surface area contributed by atoms with Crippen LogP contribution in [0.1, 0.15) is 0 Å². The van der Waals surface area contributed by atoms with E-state index in [1.165, 1.54) is 24.4 Å². The van der Waals surface area contributed by atoms with Crippen LogP contribution in [0.25, 0.3) is 10.9 Å². The van der Waals surface area contributed by atoms with Crippen LogP contribution in [0.5, 0.6) is 0 Å². The molecule has 0 unspecified atom stereocenters. The van der Waals surface area contributed by atoms with Gasteiger partial charge in [0.2, 0.25) is 9.84 Å². The number of para-hydroxylation sites is 1. The first-order valence-corrected chi connectivity index (χ1v) is 9.90. The van der Waals surface area contributed by atoms with Crippen molar-refractivity contribution >= 4 is 38.8 Å². The van der Waals surface area contributed by atoms with Gasteiger partial charge in [-0.1, -0.05) is 24.3 Å². The Morgan fingerprint density at radius 2 is 1.78 bits per heavy atom. The van der Waals surface area contributed by atoms with Gasteiger partial charge in [-0.3, -0.25) is 4.98 Å². The van der Waals surface area contributed by atoms with Crippen LogP contribution in [-0.4, -0.2) is 39.6 Å². The van der Waals surface area contributed by atoms with Crippen LogP contribution < -0.4 is 10.2 Å². The van der Waals surface area contributed by atoms with Gasteiger partial charge in [0.15, 0.2) is 0 Å². The summed E-state index contributed by atoms with van der Waals surface area (Å²) in [6.07, 6.45) is 1.32. The summed E-state index contributed by atoms with van der Waals surface area (Å²) >= 11 is 0. The first-order chi connectivity index (χ1) is 12.6. The number of piperazine rings is 1. The summed E-state index contributed by atoms with van der Waals surface area (Å²) in [7, 11) is -3.96. The Kier molecular flexibility index (Phi) is 5.64. The minimum Gasteiger partial charge on any atom is -0.367 e. The van der Waals surface area contributed by atoms with Crippen LogP contribution >= 0.6 is 12.4 Å². The number of sulfone groups is 1. The van der Waals surface area contributed by atoms with E-state index in [9.17, 15) is 12.8 Å². The molecule has 0 amide bonds. The van der Waals surface area contributed by atoms with Crippen molar-refractivity contribution in [1.82, 2.24) is 10.3 Å². The molecule has 2 heterocycles. The molecular weight excluding hydrogens is 389 g/mol. The average molecular weight is 408 g/mol. The van der Waals surface area contributed by atoms with Gasteiger partial charge in [0, 0.05) is 37.8 Å². The number of halogens is 2. The van der Waals surface area contributed by atoms with E-state index in [-0.39, 0.29) is 22.2 Å². The van der Waals surface area contributed by atoms with Crippen molar-refractivity contribution in [3.8, 4) is 0 Å². The number of rotatable bonds is 3. The number of aromatic nitrogens is 1. The Bertz CT molecular complexity index is 1070. The van der Waals surface area contributed by atoms with Crippen LogP contribution in [0.2, 0.25) is 0 Å². The van der Waals surface area contributed by atoms with Crippen molar-refractivity contribution in [2.75, 3.05) is 31.1 Å². The monoisotopic (exact) mass is 407 g/mol. The molecule has 1 aliphatic heterocycles. The third-order valence-corrected chi connectivity index (χ3v) is 6.31. The number of fused-ring (bicyclic) bond motifs is 1. The zero-order valence-electron chi connectivity index (χ0n) is 14.4. The largest absolute Gasteiger partial charge is 0.367 e. The summed E-state index contributed by atoms with van der Waals surface area (Å²) in [6, 6.07) is 12.7. The van der Waals surface area contributed by atoms with E-state index in [2.05, 4.69) is 15.2 Å². The lowest BCUT2D eigenvalue weighted by molar-refractivity contribution is 0.567. The van der Waals surface area contributed by atoms with Gasteiger partial charge in [-0.25, -0.2) is 12.8 Å². The lowest BCUT2D eigenvalue weighted by atomic mass is 10.1. The van der Waals surface area contributed by atoms with Gasteiger partial charge in [0.05, 0.1) is 16.1 Å². The highest BCUT2D eigenvalue weighted by molar-refractivity contribution is 7.91. The van der Waals surface area contributed by atoms with Crippen LogP contribution in [0.4, 0.5) is 10.1 Å². The number of hydrogen-bond donors (Lipinski definition) is 1. The molecule has 0 saturated carbocycles. The molecule has 1 aliphatic rings. The van der Waals surface area contributed by atoms with Crippen molar-refractivity contribution in [1.29, 1.82) is 0 Å². The molecule has 1 aromatic heterocycles. The number of benzene rings is 2. The SMILES string of the molecule is Cl.O=S(=O)(c1cnc2c(N3CCNCC3)cccc2c1)c1ccccc1F. The molecule has 0 bridgehead atoms. The van der Waals surface area contributed by atoms with E-state index < -0.39 is 15.7 Å². The van der Waals surface area contributed by atoms with E-state index in [0.29, 0.717) is 0 Å². The van der Waals surface area contributed by atoms with Gasteiger partial charge in [0.25, 0.3) is 0 Å². The highest BCUT2D eigenvalue weighted by atomic mass is 35.5. The fourth-order valence-electron chi connectivity index (χ4n) is 3.22. The molecule has 0 spiro atoms. The Morgan fingerprint density at radius 1 is 1.04 bits per heavy atom. The average Bonchev–Trinajstić information content (AvgIpc) is 2.68. The molecule has 142 valence electrons. The first kappa shape index (κ1) is 19.5. The van der Waals surface area contributed by atoms with Crippen molar-refractivity contribution in [2.24, 2.45) is 0 Å². The van der Waals surface area contributed by atoms with Gasteiger partial charge >= 0.3 is 0 Å². The number of nitrogens with one attached hydrogen (secondary N) is 1. The highest BCUT2D eigenvalue weighted by Gasteiger charge is 2.23. The van der Waals surface area contributed by atoms with E-state index >= 15 is 0 Å². The molecule has 0 atom stereocenters. The third kappa shape index (κ3) is 3.63. The molecule has 1 fully saturated rings. The maximum atomic E-state index is 14.0. The minimum absolute atomic E-state index is 0. The number of nitrogens with zero attached hydrogens (tertiary/aromatic N) is 2. The van der Waals surface area contributed by atoms with Gasteiger partial charge < -0.3 is 10.2 Å². The normalized spacial score (nSPS) is 14.8. The molecule has 5 nitrogen and oxygen atoms in total. The summed E-state index contributed by atoms with van der Waals surface area (Å²) in [5.74, 6) is -0.762. The molecule has 8 heteroatoms. The van der Waals surface area contributed by atoms with Gasteiger partial charge in [0.1, 0.15) is 10.7 Å². The highest BCUT2D eigenvalue weighted by Crippen LogP contribution is 2.29. The molecule has 1 N–H and O–H groups in total. The second kappa shape index (κ2) is 7.80.